The van der Waals surface area contributed by atoms with Gasteiger partial charge in [-0.1, -0.05) is 24.1 Å². The zero-order valence-electron chi connectivity index (χ0n) is 10.8. The molecule has 0 bridgehead atoms. The van der Waals surface area contributed by atoms with Crippen LogP contribution in [0.5, 0.6) is 5.75 Å². The van der Waals surface area contributed by atoms with Gasteiger partial charge in [0.15, 0.2) is 5.75 Å². The SMILES string of the molecule is O=C(O)c1cccc(Cl)c1OCCN1CCCCC1. The van der Waals surface area contributed by atoms with E-state index in [1.807, 2.05) is 0 Å². The molecule has 0 radical (unpaired) electrons. The predicted molar refractivity (Wildman–Crippen MR) is 74.2 cm³/mol. The van der Waals surface area contributed by atoms with Crippen LogP contribution in [0, 0.1) is 0 Å². The summed E-state index contributed by atoms with van der Waals surface area (Å²) in [7, 11) is 0. The molecule has 0 amide bonds. The summed E-state index contributed by atoms with van der Waals surface area (Å²) in [6.07, 6.45) is 3.75. The molecule has 1 heterocycles. The van der Waals surface area contributed by atoms with Crippen molar-refractivity contribution in [2.24, 2.45) is 0 Å². The van der Waals surface area contributed by atoms with Crippen molar-refractivity contribution in [1.29, 1.82) is 0 Å². The molecule has 1 aliphatic rings. The fraction of sp³-hybridized carbons (Fsp3) is 0.500. The third-order valence-corrected chi connectivity index (χ3v) is 3.60. The zero-order chi connectivity index (χ0) is 13.7. The van der Waals surface area contributed by atoms with Gasteiger partial charge in [-0.2, -0.15) is 0 Å². The first kappa shape index (κ1) is 14.2. The molecule has 0 spiro atoms. The van der Waals surface area contributed by atoms with Crippen molar-refractivity contribution >= 4 is 17.6 Å². The molecule has 2 rings (SSSR count). The molecule has 0 aliphatic carbocycles. The quantitative estimate of drug-likeness (QED) is 0.903. The summed E-state index contributed by atoms with van der Waals surface area (Å²) in [5.41, 5.74) is 0.117. The Balaban J connectivity index is 1.93. The molecular formula is C14H18ClNO3. The van der Waals surface area contributed by atoms with Crippen LogP contribution >= 0.6 is 11.6 Å². The summed E-state index contributed by atoms with van der Waals surface area (Å²) in [5, 5.41) is 9.43. The second-order valence-electron chi connectivity index (χ2n) is 4.67. The van der Waals surface area contributed by atoms with E-state index in [0.29, 0.717) is 11.6 Å². The average Bonchev–Trinajstić information content (AvgIpc) is 2.41. The van der Waals surface area contributed by atoms with Crippen molar-refractivity contribution in [3.63, 3.8) is 0 Å². The lowest BCUT2D eigenvalue weighted by molar-refractivity contribution is 0.0691. The summed E-state index contributed by atoms with van der Waals surface area (Å²) < 4.78 is 5.58. The van der Waals surface area contributed by atoms with Gasteiger partial charge in [-0.3, -0.25) is 4.90 Å². The molecule has 1 aliphatic heterocycles. The number of likely N-dealkylation sites (tertiary alicyclic amines) is 1. The molecule has 5 heteroatoms. The maximum Gasteiger partial charge on any atom is 0.339 e. The van der Waals surface area contributed by atoms with E-state index in [2.05, 4.69) is 4.90 Å². The van der Waals surface area contributed by atoms with Gasteiger partial charge >= 0.3 is 5.97 Å². The van der Waals surface area contributed by atoms with Crippen LogP contribution in [0.1, 0.15) is 29.6 Å². The lowest BCUT2D eigenvalue weighted by atomic mass is 10.1. The van der Waals surface area contributed by atoms with E-state index >= 15 is 0 Å². The molecule has 0 aromatic heterocycles. The number of carbonyl (C=O) groups is 1. The van der Waals surface area contributed by atoms with Crippen LogP contribution in [0.25, 0.3) is 0 Å². The third-order valence-electron chi connectivity index (χ3n) is 3.30. The average molecular weight is 284 g/mol. The first-order valence-corrected chi connectivity index (χ1v) is 6.93. The van der Waals surface area contributed by atoms with Crippen LogP contribution in [0.15, 0.2) is 18.2 Å². The summed E-state index contributed by atoms with van der Waals surface area (Å²) in [4.78, 5) is 13.4. The van der Waals surface area contributed by atoms with Gasteiger partial charge in [-0.25, -0.2) is 4.79 Å². The second-order valence-corrected chi connectivity index (χ2v) is 5.08. The summed E-state index contributed by atoms with van der Waals surface area (Å²) in [6, 6.07) is 4.76. The topological polar surface area (TPSA) is 49.8 Å². The third kappa shape index (κ3) is 3.85. The molecule has 4 nitrogen and oxygen atoms in total. The Kier molecular flexibility index (Phi) is 5.05. The predicted octanol–water partition coefficient (Wildman–Crippen LogP) is 2.90. The maximum atomic E-state index is 11.1. The number of carboxylic acids is 1. The molecule has 1 N–H and O–H groups in total. The number of aromatic carboxylic acids is 1. The number of piperidine rings is 1. The van der Waals surface area contributed by atoms with Crippen molar-refractivity contribution in [1.82, 2.24) is 4.90 Å². The minimum atomic E-state index is -1.02. The monoisotopic (exact) mass is 283 g/mol. The minimum absolute atomic E-state index is 0.117. The van der Waals surface area contributed by atoms with E-state index in [0.717, 1.165) is 19.6 Å². The van der Waals surface area contributed by atoms with E-state index < -0.39 is 5.97 Å². The van der Waals surface area contributed by atoms with Crippen LogP contribution in [0.2, 0.25) is 5.02 Å². The van der Waals surface area contributed by atoms with E-state index in [1.54, 1.807) is 12.1 Å². The normalized spacial score (nSPS) is 16.3. The number of rotatable bonds is 5. The van der Waals surface area contributed by atoms with Crippen LogP contribution in [0.4, 0.5) is 0 Å². The number of halogens is 1. The van der Waals surface area contributed by atoms with E-state index in [9.17, 15) is 4.79 Å². The smallest absolute Gasteiger partial charge is 0.339 e. The number of hydrogen-bond acceptors (Lipinski definition) is 3. The molecule has 1 saturated heterocycles. The standard InChI is InChI=1S/C14H18ClNO3/c15-12-6-4-5-11(14(17)18)13(12)19-10-9-16-7-2-1-3-8-16/h4-6H,1-3,7-10H2,(H,17,18). The van der Waals surface area contributed by atoms with Gasteiger partial charge in [0, 0.05) is 6.54 Å². The number of ether oxygens (including phenoxy) is 1. The highest BCUT2D eigenvalue weighted by Gasteiger charge is 2.15. The van der Waals surface area contributed by atoms with Gasteiger partial charge in [-0.15, -0.1) is 0 Å². The Morgan fingerprint density at radius 1 is 1.32 bits per heavy atom. The van der Waals surface area contributed by atoms with Gasteiger partial charge in [-0.05, 0) is 38.1 Å². The van der Waals surface area contributed by atoms with E-state index in [1.165, 1.54) is 25.3 Å². The molecule has 1 aromatic carbocycles. The van der Waals surface area contributed by atoms with Crippen molar-refractivity contribution < 1.29 is 14.6 Å². The highest BCUT2D eigenvalue weighted by Crippen LogP contribution is 2.28. The molecule has 0 unspecified atom stereocenters. The zero-order valence-corrected chi connectivity index (χ0v) is 11.5. The maximum absolute atomic E-state index is 11.1. The molecule has 1 aromatic rings. The van der Waals surface area contributed by atoms with Gasteiger partial charge in [0.2, 0.25) is 0 Å². The molecule has 1 fully saturated rings. The van der Waals surface area contributed by atoms with Gasteiger partial charge in [0.05, 0.1) is 5.02 Å². The van der Waals surface area contributed by atoms with Crippen molar-refractivity contribution in [2.45, 2.75) is 19.3 Å². The fourth-order valence-corrected chi connectivity index (χ4v) is 2.51. The highest BCUT2D eigenvalue weighted by atomic mass is 35.5. The first-order chi connectivity index (χ1) is 9.18. The minimum Gasteiger partial charge on any atom is -0.490 e. The second kappa shape index (κ2) is 6.78. The van der Waals surface area contributed by atoms with E-state index in [-0.39, 0.29) is 11.3 Å². The Morgan fingerprint density at radius 2 is 2.05 bits per heavy atom. The number of nitrogens with zero attached hydrogens (tertiary/aromatic N) is 1. The number of hydrogen-bond donors (Lipinski definition) is 1. The Labute approximate surface area is 117 Å². The number of carboxylic acid groups (broad SMARTS) is 1. The lowest BCUT2D eigenvalue weighted by Crippen LogP contribution is -2.33. The Bertz CT molecular complexity index is 444. The van der Waals surface area contributed by atoms with Gasteiger partial charge in [0.25, 0.3) is 0 Å². The number of para-hydroxylation sites is 1. The Hall–Kier alpha value is -1.26. The van der Waals surface area contributed by atoms with Crippen molar-refractivity contribution in [2.75, 3.05) is 26.2 Å². The highest BCUT2D eigenvalue weighted by molar-refractivity contribution is 6.32. The summed E-state index contributed by atoms with van der Waals surface area (Å²) in [6.45, 7) is 3.46. The molecule has 0 atom stereocenters. The van der Waals surface area contributed by atoms with Gasteiger partial charge < -0.3 is 9.84 Å². The Morgan fingerprint density at radius 3 is 2.74 bits per heavy atom. The molecule has 0 saturated carbocycles. The largest absolute Gasteiger partial charge is 0.490 e. The van der Waals surface area contributed by atoms with Crippen LogP contribution in [-0.4, -0.2) is 42.2 Å². The molecule has 19 heavy (non-hydrogen) atoms. The molecule has 104 valence electrons. The summed E-state index contributed by atoms with van der Waals surface area (Å²) in [5.74, 6) is -0.746. The van der Waals surface area contributed by atoms with Crippen molar-refractivity contribution in [3.05, 3.63) is 28.8 Å². The lowest BCUT2D eigenvalue weighted by Gasteiger charge is -2.26. The van der Waals surface area contributed by atoms with Crippen LogP contribution in [0.3, 0.4) is 0 Å². The summed E-state index contributed by atoms with van der Waals surface area (Å²) >= 11 is 5.99. The van der Waals surface area contributed by atoms with Crippen molar-refractivity contribution in [3.8, 4) is 5.75 Å². The first-order valence-electron chi connectivity index (χ1n) is 6.55. The fourth-order valence-electron chi connectivity index (χ4n) is 2.28. The van der Waals surface area contributed by atoms with Gasteiger partial charge in [0.1, 0.15) is 12.2 Å². The van der Waals surface area contributed by atoms with Crippen LogP contribution < -0.4 is 4.74 Å². The van der Waals surface area contributed by atoms with Crippen LogP contribution in [-0.2, 0) is 0 Å². The van der Waals surface area contributed by atoms with E-state index in [4.69, 9.17) is 21.4 Å². The molecular weight excluding hydrogens is 266 g/mol. The number of benzene rings is 1.